The molecule has 29 heavy (non-hydrogen) atoms. The zero-order valence-corrected chi connectivity index (χ0v) is 18.1. The van der Waals surface area contributed by atoms with Gasteiger partial charge in [-0.05, 0) is 53.1 Å². The smallest absolute Gasteiger partial charge is 0.294 e. The first kappa shape index (κ1) is 21.4. The van der Waals surface area contributed by atoms with Crippen molar-refractivity contribution in [3.63, 3.8) is 0 Å². The molecule has 1 fully saturated rings. The van der Waals surface area contributed by atoms with E-state index in [0.29, 0.717) is 27.2 Å². The van der Waals surface area contributed by atoms with Crippen molar-refractivity contribution < 1.29 is 14.4 Å². The number of anilines is 1. The first-order chi connectivity index (χ1) is 13.8. The van der Waals surface area contributed by atoms with Crippen molar-refractivity contribution in [1.82, 2.24) is 4.90 Å². The van der Waals surface area contributed by atoms with Gasteiger partial charge in [-0.3, -0.25) is 19.3 Å². The molecule has 5 nitrogen and oxygen atoms in total. The maximum absolute atomic E-state index is 12.6. The third-order valence-corrected chi connectivity index (χ3v) is 6.05. The molecule has 2 aromatic rings. The largest absolute Gasteiger partial charge is 0.325 e. The zero-order chi connectivity index (χ0) is 21.1. The first-order valence-corrected chi connectivity index (χ1v) is 10.4. The molecule has 8 heteroatoms. The molecule has 150 valence electrons. The second kappa shape index (κ2) is 9.03. The van der Waals surface area contributed by atoms with Gasteiger partial charge in [0.2, 0.25) is 5.91 Å². The van der Waals surface area contributed by atoms with E-state index >= 15 is 0 Å². The molecular formula is C21H18Cl2N2O3S. The Kier molecular flexibility index (Phi) is 6.67. The molecule has 0 bridgehead atoms. The molecule has 0 aliphatic carbocycles. The second-order valence-electron chi connectivity index (χ2n) is 6.74. The molecule has 0 radical (unpaired) electrons. The number of carbonyl (C=O) groups excluding carboxylic acids is 3. The van der Waals surface area contributed by atoms with Gasteiger partial charge in [0.1, 0.15) is 6.54 Å². The number of thioether (sulfide) groups is 1. The maximum Gasteiger partial charge on any atom is 0.294 e. The van der Waals surface area contributed by atoms with Crippen molar-refractivity contribution in [2.24, 2.45) is 0 Å². The number of nitrogens with zero attached hydrogens (tertiary/aromatic N) is 1. The van der Waals surface area contributed by atoms with Crippen LogP contribution in [0, 0.1) is 0 Å². The van der Waals surface area contributed by atoms with E-state index in [1.165, 1.54) is 6.08 Å². The highest BCUT2D eigenvalue weighted by Gasteiger charge is 2.36. The number of hydrogen-bond acceptors (Lipinski definition) is 4. The lowest BCUT2D eigenvalue weighted by molar-refractivity contribution is -0.127. The fourth-order valence-corrected chi connectivity index (χ4v) is 3.90. The highest BCUT2D eigenvalue weighted by molar-refractivity contribution is 8.18. The molecule has 1 aliphatic heterocycles. The standard InChI is InChI=1S/C21H18Cl2N2O3S/c1-12(2)13-6-8-15(9-7-13)24-18(26)11-25-20(27)17(29-21(25)28)10-14-4-3-5-16(22)19(14)23/h3-10,12H,11H2,1-2H3,(H,24,26)/b17-10+. The van der Waals surface area contributed by atoms with Crippen LogP contribution in [0.15, 0.2) is 47.4 Å². The van der Waals surface area contributed by atoms with Gasteiger partial charge in [0, 0.05) is 5.69 Å². The average Bonchev–Trinajstić information content (AvgIpc) is 2.93. The Bertz CT molecular complexity index is 1000. The number of nitrogens with one attached hydrogen (secondary N) is 1. The number of rotatable bonds is 5. The van der Waals surface area contributed by atoms with Gasteiger partial charge < -0.3 is 5.32 Å². The van der Waals surface area contributed by atoms with Crippen molar-refractivity contribution in [3.05, 3.63) is 68.5 Å². The third-order valence-electron chi connectivity index (χ3n) is 4.30. The molecule has 1 heterocycles. The SMILES string of the molecule is CC(C)c1ccc(NC(=O)CN2C(=O)S/C(=C/c3cccc(Cl)c3Cl)C2=O)cc1. The Morgan fingerprint density at radius 1 is 1.14 bits per heavy atom. The number of imide groups is 1. The molecule has 0 spiro atoms. The molecule has 1 saturated heterocycles. The van der Waals surface area contributed by atoms with Gasteiger partial charge in [-0.15, -0.1) is 0 Å². The van der Waals surface area contributed by atoms with Crippen LogP contribution in [0.1, 0.15) is 30.9 Å². The van der Waals surface area contributed by atoms with Crippen molar-refractivity contribution in [1.29, 1.82) is 0 Å². The lowest BCUT2D eigenvalue weighted by atomic mass is 10.0. The Hall–Kier alpha value is -2.28. The number of halogens is 2. The Morgan fingerprint density at radius 2 is 1.83 bits per heavy atom. The van der Waals surface area contributed by atoms with E-state index in [2.05, 4.69) is 19.2 Å². The van der Waals surface area contributed by atoms with Crippen LogP contribution in [0.4, 0.5) is 10.5 Å². The molecule has 1 N–H and O–H groups in total. The lowest BCUT2D eigenvalue weighted by Gasteiger charge is -2.13. The van der Waals surface area contributed by atoms with Gasteiger partial charge in [-0.2, -0.15) is 0 Å². The summed E-state index contributed by atoms with van der Waals surface area (Å²) in [6.07, 6.45) is 1.50. The quantitative estimate of drug-likeness (QED) is 0.587. The van der Waals surface area contributed by atoms with Crippen LogP contribution < -0.4 is 5.32 Å². The highest BCUT2D eigenvalue weighted by Crippen LogP contribution is 2.35. The molecule has 3 rings (SSSR count). The summed E-state index contributed by atoms with van der Waals surface area (Å²) < 4.78 is 0. The molecular weight excluding hydrogens is 431 g/mol. The number of carbonyl (C=O) groups is 3. The summed E-state index contributed by atoms with van der Waals surface area (Å²) >= 11 is 12.9. The van der Waals surface area contributed by atoms with Crippen molar-refractivity contribution in [2.75, 3.05) is 11.9 Å². The fraction of sp³-hybridized carbons (Fsp3) is 0.190. The van der Waals surface area contributed by atoms with Crippen molar-refractivity contribution in [3.8, 4) is 0 Å². The van der Waals surface area contributed by atoms with Crippen molar-refractivity contribution >= 4 is 63.8 Å². The van der Waals surface area contributed by atoms with E-state index in [-0.39, 0.29) is 11.4 Å². The Labute approximate surface area is 183 Å². The number of hydrogen-bond donors (Lipinski definition) is 1. The van der Waals surface area contributed by atoms with Crippen LogP contribution in [-0.2, 0) is 9.59 Å². The van der Waals surface area contributed by atoms with Crippen LogP contribution in [0.2, 0.25) is 10.0 Å². The minimum Gasteiger partial charge on any atom is -0.325 e. The summed E-state index contributed by atoms with van der Waals surface area (Å²) in [6.45, 7) is 3.80. The molecule has 0 aromatic heterocycles. The minimum atomic E-state index is -0.540. The van der Waals surface area contributed by atoms with Crippen LogP contribution in [0.5, 0.6) is 0 Å². The van der Waals surface area contributed by atoms with Crippen molar-refractivity contribution in [2.45, 2.75) is 19.8 Å². The van der Waals surface area contributed by atoms with E-state index in [0.717, 1.165) is 22.2 Å². The second-order valence-corrected chi connectivity index (χ2v) is 8.51. The highest BCUT2D eigenvalue weighted by atomic mass is 35.5. The molecule has 0 atom stereocenters. The summed E-state index contributed by atoms with van der Waals surface area (Å²) in [5, 5.41) is 2.84. The van der Waals surface area contributed by atoms with E-state index in [9.17, 15) is 14.4 Å². The average molecular weight is 449 g/mol. The molecule has 1 aliphatic rings. The summed E-state index contributed by atoms with van der Waals surface area (Å²) in [4.78, 5) is 38.2. The van der Waals surface area contributed by atoms with E-state index in [1.807, 2.05) is 12.1 Å². The fourth-order valence-electron chi connectivity index (χ4n) is 2.70. The normalized spacial score (nSPS) is 15.5. The first-order valence-electron chi connectivity index (χ1n) is 8.85. The predicted octanol–water partition coefficient (Wildman–Crippen LogP) is 5.79. The Balaban J connectivity index is 1.69. The van der Waals surface area contributed by atoms with Crippen LogP contribution in [0.25, 0.3) is 6.08 Å². The molecule has 0 unspecified atom stereocenters. The van der Waals surface area contributed by atoms with E-state index in [1.54, 1.807) is 30.3 Å². The minimum absolute atomic E-state index is 0.188. The van der Waals surface area contributed by atoms with Gasteiger partial charge in [0.15, 0.2) is 0 Å². The van der Waals surface area contributed by atoms with Gasteiger partial charge in [0.25, 0.3) is 11.1 Å². The monoisotopic (exact) mass is 448 g/mol. The predicted molar refractivity (Wildman–Crippen MR) is 118 cm³/mol. The van der Waals surface area contributed by atoms with Crippen LogP contribution in [0.3, 0.4) is 0 Å². The summed E-state index contributed by atoms with van der Waals surface area (Å²) in [7, 11) is 0. The molecule has 2 aromatic carbocycles. The topological polar surface area (TPSA) is 66.5 Å². The number of benzene rings is 2. The van der Waals surface area contributed by atoms with Crippen LogP contribution in [-0.4, -0.2) is 28.5 Å². The summed E-state index contributed by atoms with van der Waals surface area (Å²) in [5.41, 5.74) is 2.28. The van der Waals surface area contributed by atoms with Gasteiger partial charge in [0.05, 0.1) is 15.0 Å². The molecule has 0 saturated carbocycles. The van der Waals surface area contributed by atoms with E-state index in [4.69, 9.17) is 23.2 Å². The lowest BCUT2D eigenvalue weighted by Crippen LogP contribution is -2.36. The third kappa shape index (κ3) is 5.01. The molecule has 3 amide bonds. The summed E-state index contributed by atoms with van der Waals surface area (Å²) in [5.74, 6) is -0.609. The van der Waals surface area contributed by atoms with Gasteiger partial charge in [-0.25, -0.2) is 0 Å². The van der Waals surface area contributed by atoms with Gasteiger partial charge >= 0.3 is 0 Å². The summed E-state index contributed by atoms with van der Waals surface area (Å²) in [6, 6.07) is 12.5. The zero-order valence-electron chi connectivity index (χ0n) is 15.7. The van der Waals surface area contributed by atoms with E-state index < -0.39 is 17.1 Å². The number of amides is 3. The maximum atomic E-state index is 12.6. The van der Waals surface area contributed by atoms with Crippen LogP contribution >= 0.6 is 35.0 Å². The van der Waals surface area contributed by atoms with Gasteiger partial charge in [-0.1, -0.05) is 61.3 Å². The Morgan fingerprint density at radius 3 is 2.48 bits per heavy atom.